The maximum atomic E-state index is 14.2. The molecule has 4 aliphatic carbocycles. The second kappa shape index (κ2) is 10.9. The molecule has 3 fully saturated rings. The summed E-state index contributed by atoms with van der Waals surface area (Å²) in [5, 5.41) is 25.8. The monoisotopic (exact) mass is 645 g/mol. The van der Waals surface area contributed by atoms with Crippen molar-refractivity contribution in [1.29, 1.82) is 5.26 Å². The van der Waals surface area contributed by atoms with Crippen LogP contribution in [0.5, 0.6) is 0 Å². The third-order valence-corrected chi connectivity index (χ3v) is 12.5. The quantitative estimate of drug-likeness (QED) is 0.282. The van der Waals surface area contributed by atoms with Crippen molar-refractivity contribution >= 4 is 28.9 Å². The predicted octanol–water partition coefficient (Wildman–Crippen LogP) is 5.42. The Balaban J connectivity index is 1.28. The smallest absolute Gasteiger partial charge is 0.361 e. The van der Waals surface area contributed by atoms with Crippen LogP contribution >= 0.6 is 11.8 Å². The van der Waals surface area contributed by atoms with Crippen molar-refractivity contribution in [3.8, 4) is 11.8 Å². The molecule has 0 unspecified atom stereocenters. The molecule has 7 rings (SSSR count). The average molecular weight is 646 g/mol. The molecule has 4 aliphatic rings. The van der Waals surface area contributed by atoms with Crippen LogP contribution in [0.4, 0.5) is 4.39 Å². The van der Waals surface area contributed by atoms with Crippen molar-refractivity contribution in [1.82, 2.24) is 19.7 Å². The van der Waals surface area contributed by atoms with E-state index in [1.54, 1.807) is 10.7 Å². The standard InChI is InChI=1S/C34H36FN5O5S/c1-18-9-22-24-10-19(2)34(31(43)46-8-7-36,45-30(42)25-16-44-17-38-25)33(24,4)13-27(41)29(22)32(3)12-20-14-39-40(26(20)11-23(18)32)21-5-6-28(35)37-15-21/h5-6,11,14-19,22,24,27,29,41H,8-10,12-13H2,1-4H3/t18-,19+,22-,24-,27-,29+,32-,33-,34-/m0/s1. The van der Waals surface area contributed by atoms with Crippen molar-refractivity contribution in [3.05, 3.63) is 65.7 Å². The highest BCUT2D eigenvalue weighted by Gasteiger charge is 2.73. The average Bonchev–Trinajstić information content (AvgIpc) is 3.74. The minimum atomic E-state index is -1.56. The Kier molecular flexibility index (Phi) is 7.29. The van der Waals surface area contributed by atoms with Gasteiger partial charge in [0.2, 0.25) is 11.1 Å². The molecule has 0 aromatic carbocycles. The van der Waals surface area contributed by atoms with Gasteiger partial charge in [0.1, 0.15) is 6.26 Å². The van der Waals surface area contributed by atoms with Crippen LogP contribution in [0.1, 0.15) is 68.7 Å². The molecule has 0 amide bonds. The van der Waals surface area contributed by atoms with Crippen LogP contribution in [0.3, 0.4) is 0 Å². The lowest BCUT2D eigenvalue weighted by molar-refractivity contribution is -0.181. The summed E-state index contributed by atoms with van der Waals surface area (Å²) in [7, 11) is 0. The number of allylic oxidation sites excluding steroid dienone is 1. The molecule has 0 spiro atoms. The number of aliphatic hydroxyl groups is 1. The number of hydrogen-bond acceptors (Lipinski definition) is 10. The highest BCUT2D eigenvalue weighted by atomic mass is 32.2. The van der Waals surface area contributed by atoms with E-state index in [1.807, 2.05) is 26.1 Å². The van der Waals surface area contributed by atoms with E-state index in [2.05, 4.69) is 35.0 Å². The number of rotatable bonds is 5. The Morgan fingerprint density at radius 2 is 2.04 bits per heavy atom. The SMILES string of the molecule is C[C@@H]1C[C@H]2[C@@H]3C[C@H](C)C4=Cc5c(cnn5-c5ccc(F)nc5)C[C@]4(C)[C@H]3[C@@H](O)C[C@]2(C)[C@@]1(OC(=O)c1cocn1)C(=O)SCC#N. The van der Waals surface area contributed by atoms with Crippen LogP contribution < -0.4 is 0 Å². The number of fused-ring (bicyclic) bond motifs is 6. The highest BCUT2D eigenvalue weighted by Crippen LogP contribution is 2.70. The third-order valence-electron chi connectivity index (χ3n) is 11.7. The fraction of sp³-hybridized carbons (Fsp3) is 0.529. The number of nitrogens with zero attached hydrogens (tertiary/aromatic N) is 5. The van der Waals surface area contributed by atoms with Gasteiger partial charge in [0, 0.05) is 11.3 Å². The Hall–Kier alpha value is -3.82. The number of esters is 1. The largest absolute Gasteiger partial charge is 0.451 e. The number of oxazole rings is 1. The van der Waals surface area contributed by atoms with Gasteiger partial charge in [-0.25, -0.2) is 19.4 Å². The molecule has 1 N–H and O–H groups in total. The molecule has 0 radical (unpaired) electrons. The summed E-state index contributed by atoms with van der Waals surface area (Å²) in [5.41, 5.74) is 1.04. The van der Waals surface area contributed by atoms with Gasteiger partial charge in [0.25, 0.3) is 0 Å². The van der Waals surface area contributed by atoms with E-state index in [0.29, 0.717) is 18.5 Å². The minimum absolute atomic E-state index is 0.0251. The number of thioether (sulfide) groups is 1. The number of hydrogen-bond donors (Lipinski definition) is 1. The van der Waals surface area contributed by atoms with E-state index in [4.69, 9.17) is 9.15 Å². The zero-order chi connectivity index (χ0) is 32.6. The number of nitriles is 1. The fourth-order valence-electron chi connectivity index (χ4n) is 10.1. The van der Waals surface area contributed by atoms with Crippen molar-refractivity contribution in [3.63, 3.8) is 0 Å². The molecule has 10 nitrogen and oxygen atoms in total. The Morgan fingerprint density at radius 3 is 2.74 bits per heavy atom. The molecular weight excluding hydrogens is 609 g/mol. The second-order valence-corrected chi connectivity index (χ2v) is 14.9. The maximum Gasteiger partial charge on any atom is 0.361 e. The molecule has 12 heteroatoms. The normalized spacial score (nSPS) is 36.0. The molecule has 46 heavy (non-hydrogen) atoms. The lowest BCUT2D eigenvalue weighted by Gasteiger charge is -2.62. The van der Waals surface area contributed by atoms with E-state index < -0.39 is 29.0 Å². The van der Waals surface area contributed by atoms with Crippen molar-refractivity contribution in [2.45, 2.75) is 65.1 Å². The molecule has 0 aliphatic heterocycles. The first-order valence-corrected chi connectivity index (χ1v) is 16.7. The number of pyridine rings is 1. The lowest BCUT2D eigenvalue weighted by atomic mass is 9.44. The number of carbonyl (C=O) groups excluding carboxylic acids is 2. The Morgan fingerprint density at radius 1 is 1.24 bits per heavy atom. The van der Waals surface area contributed by atoms with Crippen LogP contribution in [-0.4, -0.2) is 53.4 Å². The Labute approximate surface area is 270 Å². The zero-order valence-electron chi connectivity index (χ0n) is 26.1. The first-order valence-electron chi connectivity index (χ1n) is 15.7. The topological polar surface area (TPSA) is 144 Å². The van der Waals surface area contributed by atoms with Crippen molar-refractivity contribution in [2.24, 2.45) is 40.4 Å². The zero-order valence-corrected chi connectivity index (χ0v) is 27.0. The van der Waals surface area contributed by atoms with Gasteiger partial charge in [-0.15, -0.1) is 0 Å². The molecule has 240 valence electrons. The molecule has 9 atom stereocenters. The van der Waals surface area contributed by atoms with Gasteiger partial charge < -0.3 is 14.3 Å². The van der Waals surface area contributed by atoms with Gasteiger partial charge in [-0.2, -0.15) is 14.8 Å². The molecule has 3 saturated carbocycles. The van der Waals surface area contributed by atoms with Gasteiger partial charge in [-0.1, -0.05) is 45.0 Å². The van der Waals surface area contributed by atoms with Crippen LogP contribution in [0, 0.1) is 57.7 Å². The summed E-state index contributed by atoms with van der Waals surface area (Å²) in [4.78, 5) is 35.4. The first-order chi connectivity index (χ1) is 21.9. The summed E-state index contributed by atoms with van der Waals surface area (Å²) in [6, 6.07) is 5.01. The molecule has 3 aromatic rings. The number of aromatic nitrogens is 4. The molecule has 0 bridgehead atoms. The van der Waals surface area contributed by atoms with E-state index in [1.165, 1.54) is 24.1 Å². The highest BCUT2D eigenvalue weighted by molar-refractivity contribution is 8.14. The molecule has 3 aromatic heterocycles. The summed E-state index contributed by atoms with van der Waals surface area (Å²) in [5.74, 6) is -1.66. The van der Waals surface area contributed by atoms with Gasteiger partial charge >= 0.3 is 5.97 Å². The van der Waals surface area contributed by atoms with Crippen molar-refractivity contribution in [2.75, 3.05) is 5.75 Å². The fourth-order valence-corrected chi connectivity index (χ4v) is 10.9. The van der Waals surface area contributed by atoms with Gasteiger partial charge in [0.05, 0.1) is 41.7 Å². The summed E-state index contributed by atoms with van der Waals surface area (Å²) < 4.78 is 26.6. The Bertz CT molecular complexity index is 1770. The van der Waals surface area contributed by atoms with Crippen LogP contribution in [0.2, 0.25) is 0 Å². The summed E-state index contributed by atoms with van der Waals surface area (Å²) >= 11 is 0.866. The first kappa shape index (κ1) is 30.8. The van der Waals surface area contributed by atoms with Gasteiger partial charge in [0.15, 0.2) is 17.7 Å². The van der Waals surface area contributed by atoms with Crippen molar-refractivity contribution < 1.29 is 28.2 Å². The van der Waals surface area contributed by atoms with Crippen LogP contribution in [0.25, 0.3) is 11.8 Å². The number of halogens is 1. The van der Waals surface area contributed by atoms with Gasteiger partial charge in [-0.05, 0) is 78.5 Å². The summed E-state index contributed by atoms with van der Waals surface area (Å²) in [6.07, 6.45) is 9.43. The minimum Gasteiger partial charge on any atom is -0.451 e. The maximum absolute atomic E-state index is 14.2. The second-order valence-electron chi connectivity index (χ2n) is 14.0. The molecule has 3 heterocycles. The van der Waals surface area contributed by atoms with E-state index in [9.17, 15) is 24.3 Å². The lowest BCUT2D eigenvalue weighted by Crippen LogP contribution is -2.64. The van der Waals surface area contributed by atoms with E-state index in [-0.39, 0.29) is 58.0 Å². The third kappa shape index (κ3) is 4.27. The van der Waals surface area contributed by atoms with E-state index in [0.717, 1.165) is 35.8 Å². The molecule has 0 saturated heterocycles. The van der Waals surface area contributed by atoms with Gasteiger partial charge in [-0.3, -0.25) is 4.79 Å². The predicted molar refractivity (Wildman–Crippen MR) is 166 cm³/mol. The summed E-state index contributed by atoms with van der Waals surface area (Å²) in [6.45, 7) is 8.38. The number of carbonyl (C=O) groups is 2. The van der Waals surface area contributed by atoms with E-state index >= 15 is 0 Å². The molecular formula is C34H36FN5O5S. The number of aliphatic hydroxyl groups excluding tert-OH is 1. The number of ether oxygens (including phenoxy) is 1. The van der Waals surface area contributed by atoms with Crippen LogP contribution in [-0.2, 0) is 16.0 Å². The van der Waals surface area contributed by atoms with Crippen LogP contribution in [0.15, 0.2) is 47.2 Å².